The third-order valence-electron chi connectivity index (χ3n) is 7.03. The van der Waals surface area contributed by atoms with Crippen molar-refractivity contribution in [2.75, 3.05) is 17.3 Å². The molecule has 0 unspecified atom stereocenters. The molecule has 4 fully saturated rings. The molecule has 0 heterocycles. The van der Waals surface area contributed by atoms with Crippen LogP contribution in [0.3, 0.4) is 0 Å². The Morgan fingerprint density at radius 2 is 1.67 bits per heavy atom. The zero-order chi connectivity index (χ0) is 19.0. The highest BCUT2D eigenvalue weighted by Crippen LogP contribution is 2.60. The maximum atomic E-state index is 12.4. The van der Waals surface area contributed by atoms with Crippen molar-refractivity contribution >= 4 is 29.3 Å². The lowest BCUT2D eigenvalue weighted by atomic mass is 9.48. The minimum atomic E-state index is -1.05. The van der Waals surface area contributed by atoms with Crippen LogP contribution in [0.15, 0.2) is 24.3 Å². The summed E-state index contributed by atoms with van der Waals surface area (Å²) < 4.78 is 0. The predicted molar refractivity (Wildman–Crippen MR) is 109 cm³/mol. The molecule has 4 aliphatic carbocycles. The van der Waals surface area contributed by atoms with Crippen molar-refractivity contribution in [3.05, 3.63) is 29.8 Å². The largest absolute Gasteiger partial charge is 0.481 e. The molecule has 0 aromatic heterocycles. The normalized spacial score (nSPS) is 32.3. The second kappa shape index (κ2) is 7.50. The molecule has 1 amide bonds. The first-order valence-corrected chi connectivity index (χ1v) is 11.5. The van der Waals surface area contributed by atoms with Crippen LogP contribution in [0.5, 0.6) is 0 Å². The quantitative estimate of drug-likeness (QED) is 0.674. The van der Waals surface area contributed by atoms with Crippen LogP contribution in [0, 0.1) is 23.7 Å². The fraction of sp³-hybridized carbons (Fsp3) is 0.636. The number of carbonyl (C=O) groups excluding carboxylic acids is 1. The second-order valence-electron chi connectivity index (χ2n) is 8.94. The highest BCUT2D eigenvalue weighted by atomic mass is 32.2. The predicted octanol–water partition coefficient (Wildman–Crippen LogP) is 4.55. The van der Waals surface area contributed by atoms with E-state index in [1.807, 2.05) is 18.4 Å². The lowest BCUT2D eigenvalue weighted by Gasteiger charge is -2.57. The summed E-state index contributed by atoms with van der Waals surface area (Å²) in [6.45, 7) is 0. The first-order chi connectivity index (χ1) is 13.0. The van der Waals surface area contributed by atoms with Crippen molar-refractivity contribution in [1.29, 1.82) is 0 Å². The summed E-state index contributed by atoms with van der Waals surface area (Å²) in [5, 5.41) is 12.1. The zero-order valence-corrected chi connectivity index (χ0v) is 16.8. The van der Waals surface area contributed by atoms with Crippen molar-refractivity contribution < 1.29 is 14.7 Å². The fourth-order valence-corrected chi connectivity index (χ4v) is 6.67. The zero-order valence-electron chi connectivity index (χ0n) is 15.9. The molecule has 4 nitrogen and oxygen atoms in total. The maximum absolute atomic E-state index is 12.4. The van der Waals surface area contributed by atoms with Crippen molar-refractivity contribution in [2.45, 2.75) is 50.4 Å². The van der Waals surface area contributed by atoms with E-state index < -0.39 is 17.8 Å². The van der Waals surface area contributed by atoms with Crippen LogP contribution in [0.1, 0.15) is 50.5 Å². The smallest absolute Gasteiger partial charge is 0.316 e. The van der Waals surface area contributed by atoms with Crippen molar-refractivity contribution in [3.63, 3.8) is 0 Å². The molecule has 0 saturated heterocycles. The van der Waals surface area contributed by atoms with Crippen LogP contribution in [-0.2, 0) is 15.0 Å². The number of anilines is 1. The molecule has 27 heavy (non-hydrogen) atoms. The summed E-state index contributed by atoms with van der Waals surface area (Å²) in [6.07, 6.45) is 10.5. The second-order valence-corrected chi connectivity index (χ2v) is 9.92. The van der Waals surface area contributed by atoms with E-state index in [9.17, 15) is 14.7 Å². The minimum absolute atomic E-state index is 0.346. The van der Waals surface area contributed by atoms with Gasteiger partial charge < -0.3 is 10.4 Å². The number of carboxylic acid groups (broad SMARTS) is 1. The SMILES string of the molecule is CSCC[C@H](C(=O)O)C(=O)Nc1ccc(C23CC4CC(CC(C4)C2)C3)cc1. The average Bonchev–Trinajstić information content (AvgIpc) is 2.61. The lowest BCUT2D eigenvalue weighted by Crippen LogP contribution is -2.48. The molecule has 0 aliphatic heterocycles. The van der Waals surface area contributed by atoms with Crippen LogP contribution in [0.25, 0.3) is 0 Å². The van der Waals surface area contributed by atoms with E-state index in [2.05, 4.69) is 17.4 Å². The van der Waals surface area contributed by atoms with Gasteiger partial charge in [-0.3, -0.25) is 9.59 Å². The first kappa shape index (κ1) is 18.9. The molecule has 0 radical (unpaired) electrons. The highest BCUT2D eigenvalue weighted by Gasteiger charge is 2.51. The Hall–Kier alpha value is -1.49. The Morgan fingerprint density at radius 3 is 2.15 bits per heavy atom. The summed E-state index contributed by atoms with van der Waals surface area (Å²) >= 11 is 1.56. The average molecular weight is 388 g/mol. The molecule has 4 bridgehead atoms. The van der Waals surface area contributed by atoms with Gasteiger partial charge >= 0.3 is 5.97 Å². The number of thioether (sulfide) groups is 1. The van der Waals surface area contributed by atoms with Crippen LogP contribution in [0.2, 0.25) is 0 Å². The Balaban J connectivity index is 1.45. The van der Waals surface area contributed by atoms with E-state index in [4.69, 9.17) is 0 Å². The van der Waals surface area contributed by atoms with Gasteiger partial charge in [0.1, 0.15) is 5.92 Å². The van der Waals surface area contributed by atoms with E-state index in [0.717, 1.165) is 17.8 Å². The van der Waals surface area contributed by atoms with Gasteiger partial charge in [0.2, 0.25) is 5.91 Å². The molecular weight excluding hydrogens is 358 g/mol. The third-order valence-corrected chi connectivity index (χ3v) is 7.67. The fourth-order valence-electron chi connectivity index (χ4n) is 6.20. The van der Waals surface area contributed by atoms with Gasteiger partial charge in [0.15, 0.2) is 0 Å². The van der Waals surface area contributed by atoms with E-state index in [0.29, 0.717) is 23.3 Å². The summed E-state index contributed by atoms with van der Waals surface area (Å²) in [6, 6.07) is 8.25. The maximum Gasteiger partial charge on any atom is 0.316 e. The number of amides is 1. The summed E-state index contributed by atoms with van der Waals surface area (Å²) in [5.74, 6) is 0.927. The number of hydrogen-bond donors (Lipinski definition) is 2. The lowest BCUT2D eigenvalue weighted by molar-refractivity contribution is -0.145. The van der Waals surface area contributed by atoms with Crippen molar-refractivity contribution in [1.82, 2.24) is 0 Å². The van der Waals surface area contributed by atoms with Gasteiger partial charge in [0.25, 0.3) is 0 Å². The Morgan fingerprint density at radius 1 is 1.11 bits per heavy atom. The van der Waals surface area contributed by atoms with E-state index in [1.54, 1.807) is 11.8 Å². The van der Waals surface area contributed by atoms with Crippen LogP contribution >= 0.6 is 11.8 Å². The standard InChI is InChI=1S/C22H29NO3S/c1-27-7-6-19(21(25)26)20(24)23-18-4-2-17(3-5-18)22-11-14-8-15(12-22)10-16(9-14)13-22/h2-5,14-16,19H,6-13H2,1H3,(H,23,24)(H,25,26)/t14?,15?,16?,19-,22?/m0/s1. The summed E-state index contributed by atoms with van der Waals surface area (Å²) in [7, 11) is 0. The summed E-state index contributed by atoms with van der Waals surface area (Å²) in [4.78, 5) is 23.7. The topological polar surface area (TPSA) is 66.4 Å². The van der Waals surface area contributed by atoms with Gasteiger partial charge in [-0.1, -0.05) is 12.1 Å². The molecule has 1 aromatic carbocycles. The van der Waals surface area contributed by atoms with Gasteiger partial charge in [-0.25, -0.2) is 0 Å². The van der Waals surface area contributed by atoms with Crippen LogP contribution < -0.4 is 5.32 Å². The Bertz CT molecular complexity index is 679. The first-order valence-electron chi connectivity index (χ1n) is 10.1. The van der Waals surface area contributed by atoms with E-state index in [1.165, 1.54) is 44.1 Å². The molecular formula is C22H29NO3S. The van der Waals surface area contributed by atoms with Gasteiger partial charge in [0, 0.05) is 5.69 Å². The van der Waals surface area contributed by atoms with Gasteiger partial charge in [-0.05, 0) is 97.8 Å². The molecule has 5 rings (SSSR count). The number of hydrogen-bond acceptors (Lipinski definition) is 3. The van der Waals surface area contributed by atoms with Crippen LogP contribution in [-0.4, -0.2) is 29.0 Å². The number of nitrogens with one attached hydrogen (secondary N) is 1. The van der Waals surface area contributed by atoms with Gasteiger partial charge in [-0.2, -0.15) is 11.8 Å². The molecule has 4 saturated carbocycles. The Labute approximate surface area is 165 Å². The molecule has 1 aromatic rings. The van der Waals surface area contributed by atoms with E-state index >= 15 is 0 Å². The van der Waals surface area contributed by atoms with Crippen molar-refractivity contribution in [3.8, 4) is 0 Å². The molecule has 1 atom stereocenters. The summed E-state index contributed by atoms with van der Waals surface area (Å²) in [5.41, 5.74) is 2.46. The van der Waals surface area contributed by atoms with Gasteiger partial charge in [-0.15, -0.1) is 0 Å². The number of carboxylic acids is 1. The number of benzene rings is 1. The molecule has 0 spiro atoms. The van der Waals surface area contributed by atoms with E-state index in [-0.39, 0.29) is 0 Å². The number of rotatable bonds is 7. The minimum Gasteiger partial charge on any atom is -0.481 e. The highest BCUT2D eigenvalue weighted by molar-refractivity contribution is 7.98. The molecule has 146 valence electrons. The number of carbonyl (C=O) groups is 2. The molecule has 4 aliphatic rings. The monoisotopic (exact) mass is 387 g/mol. The molecule has 5 heteroatoms. The van der Waals surface area contributed by atoms with Crippen LogP contribution in [0.4, 0.5) is 5.69 Å². The van der Waals surface area contributed by atoms with Crippen molar-refractivity contribution in [2.24, 2.45) is 23.7 Å². The molecule has 2 N–H and O–H groups in total. The van der Waals surface area contributed by atoms with Gasteiger partial charge in [0.05, 0.1) is 0 Å². The third kappa shape index (κ3) is 3.75. The number of aliphatic carboxylic acids is 1. The Kier molecular flexibility index (Phi) is 5.23.